The molecular weight excluding hydrogens is 334 g/mol. The minimum Gasteiger partial charge on any atom is -0.377 e. The van der Waals surface area contributed by atoms with Crippen molar-refractivity contribution in [1.29, 1.82) is 0 Å². The van der Waals surface area contributed by atoms with Crippen molar-refractivity contribution < 1.29 is 14.3 Å². The lowest BCUT2D eigenvalue weighted by Crippen LogP contribution is -2.63. The number of primary amides is 2. The van der Waals surface area contributed by atoms with Crippen LogP contribution in [0.4, 0.5) is 10.5 Å². The van der Waals surface area contributed by atoms with E-state index in [1.165, 1.54) is 4.90 Å². The second-order valence-corrected chi connectivity index (χ2v) is 6.99. The third-order valence-electron chi connectivity index (χ3n) is 5.70. The van der Waals surface area contributed by atoms with Crippen LogP contribution >= 0.6 is 0 Å². The van der Waals surface area contributed by atoms with E-state index in [4.69, 9.17) is 16.2 Å². The van der Waals surface area contributed by atoms with Gasteiger partial charge in [0.25, 0.3) is 0 Å². The molecule has 0 radical (unpaired) electrons. The van der Waals surface area contributed by atoms with Crippen molar-refractivity contribution >= 4 is 17.6 Å². The number of ether oxygens (including phenoxy) is 1. The zero-order valence-corrected chi connectivity index (χ0v) is 15.1. The van der Waals surface area contributed by atoms with Crippen molar-refractivity contribution in [2.45, 2.75) is 37.8 Å². The lowest BCUT2D eigenvalue weighted by Gasteiger charge is -2.45. The van der Waals surface area contributed by atoms with Crippen LogP contribution in [0.1, 0.15) is 26.2 Å². The topological polar surface area (TPSA) is 115 Å². The summed E-state index contributed by atoms with van der Waals surface area (Å²) < 4.78 is 5.70. The van der Waals surface area contributed by atoms with E-state index in [9.17, 15) is 9.59 Å². The SMILES string of the molecule is CCO[C@H]1CN(C(N)=O)[C@@](C(N)=O)(C2CCN(c3ccncc3)CC2)C1. The fourth-order valence-corrected chi connectivity index (χ4v) is 4.51. The Morgan fingerprint density at radius 2 is 1.92 bits per heavy atom. The summed E-state index contributed by atoms with van der Waals surface area (Å²) in [7, 11) is 0. The molecule has 3 rings (SSSR count). The molecule has 3 heterocycles. The van der Waals surface area contributed by atoms with Crippen LogP contribution < -0.4 is 16.4 Å². The number of pyridine rings is 1. The Labute approximate surface area is 153 Å². The van der Waals surface area contributed by atoms with Gasteiger partial charge in [0.2, 0.25) is 5.91 Å². The average Bonchev–Trinajstić information content (AvgIpc) is 3.04. The van der Waals surface area contributed by atoms with Gasteiger partial charge in [-0.2, -0.15) is 0 Å². The number of likely N-dealkylation sites (tertiary alicyclic amines) is 1. The van der Waals surface area contributed by atoms with Gasteiger partial charge in [0.05, 0.1) is 6.10 Å². The molecule has 4 N–H and O–H groups in total. The van der Waals surface area contributed by atoms with Gasteiger partial charge >= 0.3 is 6.03 Å². The third-order valence-corrected chi connectivity index (χ3v) is 5.70. The van der Waals surface area contributed by atoms with Gasteiger partial charge in [0.15, 0.2) is 0 Å². The molecule has 3 amide bonds. The van der Waals surface area contributed by atoms with E-state index in [2.05, 4.69) is 9.88 Å². The van der Waals surface area contributed by atoms with E-state index in [0.717, 1.165) is 31.6 Å². The monoisotopic (exact) mass is 361 g/mol. The van der Waals surface area contributed by atoms with Gasteiger partial charge in [-0.3, -0.25) is 9.78 Å². The molecule has 1 aromatic rings. The van der Waals surface area contributed by atoms with Gasteiger partial charge in [-0.15, -0.1) is 0 Å². The van der Waals surface area contributed by atoms with Crippen molar-refractivity contribution in [3.63, 3.8) is 0 Å². The number of aromatic nitrogens is 1. The fraction of sp³-hybridized carbons (Fsp3) is 0.611. The zero-order valence-electron chi connectivity index (χ0n) is 15.1. The molecular formula is C18H27N5O3. The smallest absolute Gasteiger partial charge is 0.315 e. The lowest BCUT2D eigenvalue weighted by molar-refractivity contribution is -0.131. The number of carbonyl (C=O) groups is 2. The largest absolute Gasteiger partial charge is 0.377 e. The first-order chi connectivity index (χ1) is 12.5. The Hall–Kier alpha value is -2.35. The maximum atomic E-state index is 12.5. The second kappa shape index (κ2) is 7.49. The molecule has 0 spiro atoms. The summed E-state index contributed by atoms with van der Waals surface area (Å²) in [6.07, 6.45) is 5.26. The molecule has 0 aromatic carbocycles. The minimum absolute atomic E-state index is 0.0314. The number of hydrogen-bond acceptors (Lipinski definition) is 5. The predicted molar refractivity (Wildman–Crippen MR) is 97.4 cm³/mol. The van der Waals surface area contributed by atoms with Crippen molar-refractivity contribution in [3.05, 3.63) is 24.5 Å². The highest BCUT2D eigenvalue weighted by molar-refractivity contribution is 5.90. The summed E-state index contributed by atoms with van der Waals surface area (Å²) in [6, 6.07) is 3.34. The zero-order chi connectivity index (χ0) is 18.7. The number of piperidine rings is 1. The average molecular weight is 361 g/mol. The maximum absolute atomic E-state index is 12.5. The Balaban J connectivity index is 1.80. The summed E-state index contributed by atoms with van der Waals surface area (Å²) in [5.41, 5.74) is 11.5. The fourth-order valence-electron chi connectivity index (χ4n) is 4.51. The van der Waals surface area contributed by atoms with Gasteiger partial charge in [-0.05, 0) is 37.8 Å². The molecule has 1 aromatic heterocycles. The Kier molecular flexibility index (Phi) is 5.31. The molecule has 2 aliphatic heterocycles. The number of carbonyl (C=O) groups excluding carboxylic acids is 2. The highest BCUT2D eigenvalue weighted by Gasteiger charge is 2.57. The van der Waals surface area contributed by atoms with E-state index in [-0.39, 0.29) is 12.0 Å². The molecule has 26 heavy (non-hydrogen) atoms. The van der Waals surface area contributed by atoms with E-state index in [0.29, 0.717) is 19.6 Å². The summed E-state index contributed by atoms with van der Waals surface area (Å²) >= 11 is 0. The van der Waals surface area contributed by atoms with Crippen molar-refractivity contribution in [1.82, 2.24) is 9.88 Å². The van der Waals surface area contributed by atoms with E-state index < -0.39 is 17.5 Å². The molecule has 0 bridgehead atoms. The van der Waals surface area contributed by atoms with Crippen LogP contribution in [0.5, 0.6) is 0 Å². The van der Waals surface area contributed by atoms with Crippen molar-refractivity contribution in [2.75, 3.05) is 31.1 Å². The molecule has 8 nitrogen and oxygen atoms in total. The Morgan fingerprint density at radius 3 is 2.46 bits per heavy atom. The normalized spacial score (nSPS) is 26.9. The van der Waals surface area contributed by atoms with Crippen LogP contribution in [0.2, 0.25) is 0 Å². The van der Waals surface area contributed by atoms with Gasteiger partial charge in [0.1, 0.15) is 5.54 Å². The molecule has 0 aliphatic carbocycles. The molecule has 0 unspecified atom stereocenters. The molecule has 2 atom stereocenters. The first-order valence-electron chi connectivity index (χ1n) is 9.12. The van der Waals surface area contributed by atoms with Crippen LogP contribution in [0.3, 0.4) is 0 Å². The van der Waals surface area contributed by atoms with E-state index >= 15 is 0 Å². The summed E-state index contributed by atoms with van der Waals surface area (Å²) in [6.45, 7) is 4.31. The highest BCUT2D eigenvalue weighted by atomic mass is 16.5. The second-order valence-electron chi connectivity index (χ2n) is 6.99. The number of anilines is 1. The number of urea groups is 1. The quantitative estimate of drug-likeness (QED) is 0.801. The third kappa shape index (κ3) is 3.21. The van der Waals surface area contributed by atoms with Crippen LogP contribution in [-0.2, 0) is 9.53 Å². The van der Waals surface area contributed by atoms with Crippen LogP contribution in [0.15, 0.2) is 24.5 Å². The maximum Gasteiger partial charge on any atom is 0.315 e. The lowest BCUT2D eigenvalue weighted by atomic mass is 9.75. The van der Waals surface area contributed by atoms with Gasteiger partial charge in [-0.25, -0.2) is 4.79 Å². The van der Waals surface area contributed by atoms with Gasteiger partial charge in [0, 0.05) is 50.7 Å². The first-order valence-corrected chi connectivity index (χ1v) is 9.12. The molecule has 0 saturated carbocycles. The Bertz CT molecular complexity index is 647. The molecule has 8 heteroatoms. The standard InChI is InChI=1S/C18H27N5O3/c1-2-26-15-11-18(16(19)24,23(12-15)17(20)25)13-5-9-22(10-6-13)14-3-7-21-8-4-14/h3-4,7-8,13,15H,2,5-6,9-12H2,1H3,(H2,19,24)(H2,20,25)/t15-,18-/m1/s1. The van der Waals surface area contributed by atoms with Crippen molar-refractivity contribution in [3.8, 4) is 0 Å². The Morgan fingerprint density at radius 1 is 1.27 bits per heavy atom. The predicted octanol–water partition coefficient (Wildman–Crippen LogP) is 0.712. The van der Waals surface area contributed by atoms with Gasteiger partial charge in [-0.1, -0.05) is 0 Å². The number of nitrogens with zero attached hydrogens (tertiary/aromatic N) is 3. The minimum atomic E-state index is -1.06. The highest BCUT2D eigenvalue weighted by Crippen LogP contribution is 2.42. The molecule has 2 aliphatic rings. The van der Waals surface area contributed by atoms with Crippen LogP contribution in [-0.4, -0.2) is 59.7 Å². The van der Waals surface area contributed by atoms with Crippen molar-refractivity contribution in [2.24, 2.45) is 17.4 Å². The van der Waals surface area contributed by atoms with Crippen LogP contribution in [0.25, 0.3) is 0 Å². The van der Waals surface area contributed by atoms with Crippen LogP contribution in [0, 0.1) is 5.92 Å². The number of hydrogen-bond donors (Lipinski definition) is 2. The molecule has 142 valence electrons. The van der Waals surface area contributed by atoms with Gasteiger partial charge < -0.3 is 26.0 Å². The summed E-state index contributed by atoms with van der Waals surface area (Å²) in [5, 5.41) is 0. The molecule has 2 saturated heterocycles. The van der Waals surface area contributed by atoms with E-state index in [1.54, 1.807) is 12.4 Å². The first kappa shape index (κ1) is 18.4. The number of amides is 3. The number of nitrogens with two attached hydrogens (primary N) is 2. The number of rotatable bonds is 5. The summed E-state index contributed by atoms with van der Waals surface area (Å²) in [5.74, 6) is -0.517. The summed E-state index contributed by atoms with van der Waals surface area (Å²) in [4.78, 5) is 32.4. The molecule has 2 fully saturated rings. The van der Waals surface area contributed by atoms with E-state index in [1.807, 2.05) is 19.1 Å².